The quantitative estimate of drug-likeness (QED) is 0.917. The van der Waals surface area contributed by atoms with Gasteiger partial charge >= 0.3 is 0 Å². The number of hydrogen-bond acceptors (Lipinski definition) is 2. The predicted octanol–water partition coefficient (Wildman–Crippen LogP) is 2.81. The molecule has 1 heterocycles. The van der Waals surface area contributed by atoms with Crippen molar-refractivity contribution >= 4 is 21.6 Å². The average Bonchev–Trinajstić information content (AvgIpc) is 2.73. The Labute approximate surface area is 106 Å². The zero-order valence-electron chi connectivity index (χ0n) is 9.96. The second-order valence-corrected chi connectivity index (χ2v) is 5.53. The van der Waals surface area contributed by atoms with Crippen molar-refractivity contribution in [1.29, 1.82) is 0 Å². The van der Waals surface area contributed by atoms with Crippen LogP contribution in [0.1, 0.15) is 18.4 Å². The van der Waals surface area contributed by atoms with Crippen LogP contribution in [-0.2, 0) is 6.42 Å². The van der Waals surface area contributed by atoms with Crippen LogP contribution in [0.15, 0.2) is 22.7 Å². The fourth-order valence-electron chi connectivity index (χ4n) is 2.24. The number of benzene rings is 1. The molecular weight excluding hydrogens is 264 g/mol. The van der Waals surface area contributed by atoms with Crippen molar-refractivity contribution in [2.45, 2.75) is 25.3 Å². The van der Waals surface area contributed by atoms with Gasteiger partial charge in [-0.25, -0.2) is 0 Å². The zero-order valence-corrected chi connectivity index (χ0v) is 11.5. The second-order valence-electron chi connectivity index (χ2n) is 4.68. The molecule has 1 aliphatic rings. The highest BCUT2D eigenvalue weighted by molar-refractivity contribution is 9.10. The minimum Gasteiger partial charge on any atom is -0.377 e. The van der Waals surface area contributed by atoms with E-state index >= 15 is 0 Å². The van der Waals surface area contributed by atoms with Gasteiger partial charge in [0.15, 0.2) is 0 Å². The van der Waals surface area contributed by atoms with Gasteiger partial charge in [-0.2, -0.15) is 0 Å². The Morgan fingerprint density at radius 1 is 1.44 bits per heavy atom. The van der Waals surface area contributed by atoms with Crippen molar-refractivity contribution in [3.8, 4) is 0 Å². The van der Waals surface area contributed by atoms with E-state index in [9.17, 15) is 0 Å². The summed E-state index contributed by atoms with van der Waals surface area (Å²) >= 11 is 3.59. The standard InChI is InChI=1S/C13H19BrN2/c1-16(2)13-9-10(5-6-12(13)14)8-11-4-3-7-15-11/h5-6,9,11,15H,3-4,7-8H2,1-2H3. The Morgan fingerprint density at radius 3 is 2.88 bits per heavy atom. The second kappa shape index (κ2) is 5.19. The molecule has 1 atom stereocenters. The first-order valence-electron chi connectivity index (χ1n) is 5.86. The van der Waals surface area contributed by atoms with E-state index < -0.39 is 0 Å². The van der Waals surface area contributed by atoms with Gasteiger partial charge in [0.25, 0.3) is 0 Å². The highest BCUT2D eigenvalue weighted by atomic mass is 79.9. The van der Waals surface area contributed by atoms with E-state index in [4.69, 9.17) is 0 Å². The number of hydrogen-bond donors (Lipinski definition) is 1. The summed E-state index contributed by atoms with van der Waals surface area (Å²) in [6, 6.07) is 7.33. The van der Waals surface area contributed by atoms with Crippen molar-refractivity contribution in [1.82, 2.24) is 5.32 Å². The van der Waals surface area contributed by atoms with Crippen LogP contribution >= 0.6 is 15.9 Å². The maximum atomic E-state index is 3.59. The fraction of sp³-hybridized carbons (Fsp3) is 0.538. The van der Waals surface area contributed by atoms with Crippen molar-refractivity contribution in [2.75, 3.05) is 25.5 Å². The Hall–Kier alpha value is -0.540. The molecule has 1 N–H and O–H groups in total. The molecule has 0 spiro atoms. The zero-order chi connectivity index (χ0) is 11.5. The van der Waals surface area contributed by atoms with Gasteiger partial charge in [-0.15, -0.1) is 0 Å². The summed E-state index contributed by atoms with van der Waals surface area (Å²) in [6.45, 7) is 1.18. The molecule has 0 aliphatic carbocycles. The van der Waals surface area contributed by atoms with Crippen LogP contribution in [0.2, 0.25) is 0 Å². The number of rotatable bonds is 3. The summed E-state index contributed by atoms with van der Waals surface area (Å²) in [7, 11) is 4.16. The van der Waals surface area contributed by atoms with Gasteiger partial charge in [-0.05, 0) is 59.4 Å². The van der Waals surface area contributed by atoms with E-state index in [1.165, 1.54) is 35.1 Å². The topological polar surface area (TPSA) is 15.3 Å². The first-order valence-corrected chi connectivity index (χ1v) is 6.65. The van der Waals surface area contributed by atoms with Crippen molar-refractivity contribution in [2.24, 2.45) is 0 Å². The van der Waals surface area contributed by atoms with E-state index in [1.807, 2.05) is 0 Å². The Balaban J connectivity index is 2.12. The summed E-state index contributed by atoms with van der Waals surface area (Å²) in [6.07, 6.45) is 3.78. The van der Waals surface area contributed by atoms with Crippen molar-refractivity contribution in [3.05, 3.63) is 28.2 Å². The van der Waals surface area contributed by atoms with E-state index in [0.29, 0.717) is 6.04 Å². The van der Waals surface area contributed by atoms with Gasteiger partial charge in [-0.3, -0.25) is 0 Å². The molecule has 0 saturated carbocycles. The predicted molar refractivity (Wildman–Crippen MR) is 73.2 cm³/mol. The molecule has 2 rings (SSSR count). The molecule has 0 amide bonds. The molecule has 2 nitrogen and oxygen atoms in total. The summed E-state index contributed by atoms with van der Waals surface area (Å²) in [5.41, 5.74) is 2.68. The monoisotopic (exact) mass is 282 g/mol. The third-order valence-corrected chi connectivity index (χ3v) is 3.81. The van der Waals surface area contributed by atoms with Crippen molar-refractivity contribution in [3.63, 3.8) is 0 Å². The molecule has 1 aliphatic heterocycles. The molecule has 0 aromatic heterocycles. The molecule has 1 fully saturated rings. The molecule has 3 heteroatoms. The SMILES string of the molecule is CN(C)c1cc(CC2CCCN2)ccc1Br. The largest absolute Gasteiger partial charge is 0.377 e. The number of halogens is 1. The minimum atomic E-state index is 0.677. The third-order valence-electron chi connectivity index (χ3n) is 3.14. The maximum absolute atomic E-state index is 3.59. The van der Waals surface area contributed by atoms with Crippen LogP contribution < -0.4 is 10.2 Å². The van der Waals surface area contributed by atoms with Crippen LogP contribution in [-0.4, -0.2) is 26.7 Å². The van der Waals surface area contributed by atoms with E-state index in [1.54, 1.807) is 0 Å². The van der Waals surface area contributed by atoms with Gasteiger partial charge in [0, 0.05) is 24.6 Å². The molecule has 1 unspecified atom stereocenters. The maximum Gasteiger partial charge on any atom is 0.0508 e. The van der Waals surface area contributed by atoms with Crippen LogP contribution in [0, 0.1) is 0 Å². The molecular formula is C13H19BrN2. The van der Waals surface area contributed by atoms with Crippen LogP contribution in [0.3, 0.4) is 0 Å². The summed E-state index contributed by atoms with van der Waals surface area (Å²) in [5, 5.41) is 3.54. The minimum absolute atomic E-state index is 0.677. The van der Waals surface area contributed by atoms with Crippen LogP contribution in [0.25, 0.3) is 0 Å². The highest BCUT2D eigenvalue weighted by Crippen LogP contribution is 2.26. The van der Waals surface area contributed by atoms with Gasteiger partial charge in [0.2, 0.25) is 0 Å². The third kappa shape index (κ3) is 2.77. The van der Waals surface area contributed by atoms with Gasteiger partial charge in [-0.1, -0.05) is 6.07 Å². The molecule has 0 radical (unpaired) electrons. The Kier molecular flexibility index (Phi) is 3.87. The number of nitrogens with zero attached hydrogens (tertiary/aromatic N) is 1. The van der Waals surface area contributed by atoms with Crippen LogP contribution in [0.4, 0.5) is 5.69 Å². The smallest absolute Gasteiger partial charge is 0.0508 e. The fourth-order valence-corrected chi connectivity index (χ4v) is 2.84. The molecule has 1 aromatic carbocycles. The van der Waals surface area contributed by atoms with Crippen molar-refractivity contribution < 1.29 is 0 Å². The van der Waals surface area contributed by atoms with E-state index in [-0.39, 0.29) is 0 Å². The lowest BCUT2D eigenvalue weighted by atomic mass is 10.0. The molecule has 0 bridgehead atoms. The first-order chi connectivity index (χ1) is 7.66. The first kappa shape index (κ1) is 11.9. The van der Waals surface area contributed by atoms with Gasteiger partial charge in [0.05, 0.1) is 5.69 Å². The summed E-state index contributed by atoms with van der Waals surface area (Å²) in [4.78, 5) is 2.15. The number of anilines is 1. The van der Waals surface area contributed by atoms with Gasteiger partial charge < -0.3 is 10.2 Å². The van der Waals surface area contributed by atoms with E-state index in [0.717, 1.165) is 6.42 Å². The summed E-state index contributed by atoms with van der Waals surface area (Å²) in [5.74, 6) is 0. The Morgan fingerprint density at radius 2 is 2.25 bits per heavy atom. The molecule has 16 heavy (non-hydrogen) atoms. The summed E-state index contributed by atoms with van der Waals surface area (Å²) < 4.78 is 1.17. The normalized spacial score (nSPS) is 20.1. The molecule has 1 aromatic rings. The average molecular weight is 283 g/mol. The van der Waals surface area contributed by atoms with Crippen LogP contribution in [0.5, 0.6) is 0 Å². The van der Waals surface area contributed by atoms with E-state index in [2.05, 4.69) is 58.4 Å². The highest BCUT2D eigenvalue weighted by Gasteiger charge is 2.15. The van der Waals surface area contributed by atoms with Gasteiger partial charge in [0.1, 0.15) is 0 Å². The molecule has 1 saturated heterocycles. The Bertz CT molecular complexity index is 357. The molecule has 88 valence electrons. The lowest BCUT2D eigenvalue weighted by Gasteiger charge is -2.17. The number of nitrogens with one attached hydrogen (secondary N) is 1. The lowest BCUT2D eigenvalue weighted by molar-refractivity contribution is 0.603. The lowest BCUT2D eigenvalue weighted by Crippen LogP contribution is -2.23.